The van der Waals surface area contributed by atoms with Crippen molar-refractivity contribution in [2.45, 2.75) is 32.7 Å². The predicted octanol–water partition coefficient (Wildman–Crippen LogP) is 3.33. The highest BCUT2D eigenvalue weighted by Crippen LogP contribution is 2.35. The van der Waals surface area contributed by atoms with Gasteiger partial charge in [-0.05, 0) is 32.4 Å². The first kappa shape index (κ1) is 16.2. The van der Waals surface area contributed by atoms with E-state index in [2.05, 4.69) is 0 Å². The van der Waals surface area contributed by atoms with E-state index in [0.717, 1.165) is 0 Å². The van der Waals surface area contributed by atoms with Crippen molar-refractivity contribution in [3.8, 4) is 0 Å². The Labute approximate surface area is 122 Å². The van der Waals surface area contributed by atoms with Crippen molar-refractivity contribution in [3.63, 3.8) is 0 Å². The summed E-state index contributed by atoms with van der Waals surface area (Å²) in [5.74, 6) is -0.880. The molecular formula is C13H17ClN2O4. The Bertz CT molecular complexity index is 505. The van der Waals surface area contributed by atoms with Crippen LogP contribution in [0.4, 0.5) is 11.4 Å². The fourth-order valence-corrected chi connectivity index (χ4v) is 2.21. The zero-order chi connectivity index (χ0) is 15.3. The maximum Gasteiger partial charge on any atom is 0.310 e. The van der Waals surface area contributed by atoms with Gasteiger partial charge in [-0.2, -0.15) is 0 Å². The molecular weight excluding hydrogens is 284 g/mol. The van der Waals surface area contributed by atoms with Gasteiger partial charge in [0.25, 0.3) is 0 Å². The van der Waals surface area contributed by atoms with Crippen LogP contribution < -0.4 is 4.90 Å². The maximum absolute atomic E-state index is 11.2. The minimum atomic E-state index is -0.880. The second kappa shape index (κ2) is 7.09. The van der Waals surface area contributed by atoms with E-state index in [0.29, 0.717) is 18.7 Å². The molecule has 0 spiro atoms. The number of benzene rings is 1. The summed E-state index contributed by atoms with van der Waals surface area (Å²) >= 11 is 5.90. The van der Waals surface area contributed by atoms with Gasteiger partial charge in [0, 0.05) is 19.0 Å². The van der Waals surface area contributed by atoms with Crippen LogP contribution in [0.3, 0.4) is 0 Å². The third-order valence-electron chi connectivity index (χ3n) is 2.87. The van der Waals surface area contributed by atoms with Crippen LogP contribution in [0.25, 0.3) is 0 Å². The smallest absolute Gasteiger partial charge is 0.310 e. The average Bonchev–Trinajstić information content (AvgIpc) is 2.33. The number of carboxylic acids is 1. The first-order chi connectivity index (χ1) is 9.34. The molecule has 0 heterocycles. The molecule has 0 aromatic heterocycles. The quantitative estimate of drug-likeness (QED) is 0.617. The van der Waals surface area contributed by atoms with E-state index in [1.165, 1.54) is 6.07 Å². The van der Waals surface area contributed by atoms with Gasteiger partial charge in [0.15, 0.2) is 0 Å². The molecule has 0 fully saturated rings. The number of anilines is 1. The number of rotatable bonds is 7. The van der Waals surface area contributed by atoms with E-state index in [1.807, 2.05) is 13.8 Å². The summed E-state index contributed by atoms with van der Waals surface area (Å²) in [6, 6.07) is 4.75. The number of aliphatic carboxylic acids is 1. The zero-order valence-electron chi connectivity index (χ0n) is 11.4. The summed E-state index contributed by atoms with van der Waals surface area (Å²) in [5.41, 5.74) is 0.279. The molecule has 1 aromatic carbocycles. The van der Waals surface area contributed by atoms with Gasteiger partial charge >= 0.3 is 11.7 Å². The molecule has 20 heavy (non-hydrogen) atoms. The molecule has 1 aromatic rings. The number of nitro benzene ring substituents is 1. The SMILES string of the molecule is CC(C)N(CCCC(=O)O)c1cccc(Cl)c1[N+](=O)[O-]. The summed E-state index contributed by atoms with van der Waals surface area (Å²) in [4.78, 5) is 23.0. The van der Waals surface area contributed by atoms with E-state index < -0.39 is 10.9 Å². The van der Waals surface area contributed by atoms with Crippen molar-refractivity contribution in [3.05, 3.63) is 33.3 Å². The Hall–Kier alpha value is -1.82. The molecule has 0 saturated carbocycles. The Balaban J connectivity index is 3.06. The number of nitro groups is 1. The molecule has 0 aliphatic carbocycles. The lowest BCUT2D eigenvalue weighted by atomic mass is 10.1. The van der Waals surface area contributed by atoms with E-state index in [1.54, 1.807) is 17.0 Å². The van der Waals surface area contributed by atoms with Crippen molar-refractivity contribution in [1.29, 1.82) is 0 Å². The van der Waals surface area contributed by atoms with Gasteiger partial charge < -0.3 is 10.0 Å². The van der Waals surface area contributed by atoms with Gasteiger partial charge in [0.2, 0.25) is 0 Å². The zero-order valence-corrected chi connectivity index (χ0v) is 12.1. The lowest BCUT2D eigenvalue weighted by molar-refractivity contribution is -0.384. The summed E-state index contributed by atoms with van der Waals surface area (Å²) in [6.07, 6.45) is 0.439. The molecule has 0 aliphatic heterocycles. The van der Waals surface area contributed by atoms with Crippen molar-refractivity contribution in [2.75, 3.05) is 11.4 Å². The summed E-state index contributed by atoms with van der Waals surface area (Å²) in [5, 5.41) is 19.9. The van der Waals surface area contributed by atoms with Gasteiger partial charge in [-0.3, -0.25) is 14.9 Å². The monoisotopic (exact) mass is 300 g/mol. The van der Waals surface area contributed by atoms with Crippen LogP contribution in [-0.4, -0.2) is 28.6 Å². The van der Waals surface area contributed by atoms with Crippen LogP contribution >= 0.6 is 11.6 Å². The average molecular weight is 301 g/mol. The number of carboxylic acid groups (broad SMARTS) is 1. The van der Waals surface area contributed by atoms with Crippen LogP contribution in [-0.2, 0) is 4.79 Å². The highest BCUT2D eigenvalue weighted by atomic mass is 35.5. The Morgan fingerprint density at radius 3 is 2.65 bits per heavy atom. The number of para-hydroxylation sites is 1. The standard InChI is InChI=1S/C13H17ClN2O4/c1-9(2)15(8-4-7-12(17)18)11-6-3-5-10(14)13(11)16(19)20/h3,5-6,9H,4,7-8H2,1-2H3,(H,17,18). The second-order valence-corrected chi connectivity index (χ2v) is 5.06. The highest BCUT2D eigenvalue weighted by molar-refractivity contribution is 6.33. The van der Waals surface area contributed by atoms with Gasteiger partial charge in [-0.1, -0.05) is 17.7 Å². The molecule has 6 nitrogen and oxygen atoms in total. The highest BCUT2D eigenvalue weighted by Gasteiger charge is 2.24. The van der Waals surface area contributed by atoms with E-state index in [4.69, 9.17) is 16.7 Å². The summed E-state index contributed by atoms with van der Waals surface area (Å²) in [6.45, 7) is 4.21. The topological polar surface area (TPSA) is 83.7 Å². The van der Waals surface area contributed by atoms with Crippen molar-refractivity contribution < 1.29 is 14.8 Å². The Kier molecular flexibility index (Phi) is 5.76. The Morgan fingerprint density at radius 1 is 1.50 bits per heavy atom. The fraction of sp³-hybridized carbons (Fsp3) is 0.462. The minimum Gasteiger partial charge on any atom is -0.481 e. The molecule has 7 heteroatoms. The van der Waals surface area contributed by atoms with Gasteiger partial charge in [-0.25, -0.2) is 0 Å². The molecule has 0 unspecified atom stereocenters. The van der Waals surface area contributed by atoms with Crippen LogP contribution in [0.15, 0.2) is 18.2 Å². The maximum atomic E-state index is 11.2. The number of halogens is 1. The lowest BCUT2D eigenvalue weighted by Crippen LogP contribution is -2.32. The first-order valence-electron chi connectivity index (χ1n) is 6.26. The second-order valence-electron chi connectivity index (χ2n) is 4.65. The summed E-state index contributed by atoms with van der Waals surface area (Å²) < 4.78 is 0. The third kappa shape index (κ3) is 4.09. The molecule has 1 rings (SSSR count). The molecule has 1 N–H and O–H groups in total. The largest absolute Gasteiger partial charge is 0.481 e. The van der Waals surface area contributed by atoms with Gasteiger partial charge in [-0.15, -0.1) is 0 Å². The van der Waals surface area contributed by atoms with Crippen molar-refractivity contribution in [1.82, 2.24) is 0 Å². The fourth-order valence-electron chi connectivity index (χ4n) is 1.97. The van der Waals surface area contributed by atoms with Crippen LogP contribution in [0, 0.1) is 10.1 Å². The van der Waals surface area contributed by atoms with Gasteiger partial charge in [0.1, 0.15) is 10.7 Å². The van der Waals surface area contributed by atoms with Crippen molar-refractivity contribution >= 4 is 28.9 Å². The molecule has 0 saturated heterocycles. The van der Waals surface area contributed by atoms with Crippen LogP contribution in [0.1, 0.15) is 26.7 Å². The van der Waals surface area contributed by atoms with Crippen LogP contribution in [0.2, 0.25) is 5.02 Å². The lowest BCUT2D eigenvalue weighted by Gasteiger charge is -2.28. The number of hydrogen-bond donors (Lipinski definition) is 1. The van der Waals surface area contributed by atoms with E-state index in [-0.39, 0.29) is 23.2 Å². The third-order valence-corrected chi connectivity index (χ3v) is 3.18. The van der Waals surface area contributed by atoms with Crippen LogP contribution in [0.5, 0.6) is 0 Å². The minimum absolute atomic E-state index is 0.000890. The molecule has 0 atom stereocenters. The first-order valence-corrected chi connectivity index (χ1v) is 6.63. The molecule has 0 bridgehead atoms. The molecule has 0 radical (unpaired) electrons. The van der Waals surface area contributed by atoms with Gasteiger partial charge in [0.05, 0.1) is 4.92 Å². The molecule has 0 amide bonds. The molecule has 110 valence electrons. The Morgan fingerprint density at radius 2 is 2.15 bits per heavy atom. The number of nitrogens with zero attached hydrogens (tertiary/aromatic N) is 2. The summed E-state index contributed by atoms with van der Waals surface area (Å²) in [7, 11) is 0. The van der Waals surface area contributed by atoms with E-state index >= 15 is 0 Å². The normalized spacial score (nSPS) is 10.6. The molecule has 0 aliphatic rings. The predicted molar refractivity (Wildman–Crippen MR) is 77.5 cm³/mol. The van der Waals surface area contributed by atoms with Crippen molar-refractivity contribution in [2.24, 2.45) is 0 Å². The number of hydrogen-bond acceptors (Lipinski definition) is 4. The number of carbonyl (C=O) groups is 1. The van der Waals surface area contributed by atoms with E-state index in [9.17, 15) is 14.9 Å².